The number of carbonyl (C=O) groups is 1. The zero-order valence-corrected chi connectivity index (χ0v) is 15.0. The Morgan fingerprint density at radius 1 is 1.32 bits per heavy atom. The van der Waals surface area contributed by atoms with Gasteiger partial charge in [-0.25, -0.2) is 4.79 Å². The summed E-state index contributed by atoms with van der Waals surface area (Å²) in [4.78, 5) is 12.5. The minimum absolute atomic E-state index is 0.0262. The standard InChI is InChI=1S/C17H20F2N2O3S/c1-9(2)8-23-15(22)13-10(3)20-17(25)21-14(13)11-6-4-5-7-12(11)24-16(18)19/h4-7,9,14,16H,8H2,1-3H3,(H2,20,21,25). The van der Waals surface area contributed by atoms with Crippen LogP contribution in [0.2, 0.25) is 0 Å². The Morgan fingerprint density at radius 3 is 2.64 bits per heavy atom. The smallest absolute Gasteiger partial charge is 0.387 e. The van der Waals surface area contributed by atoms with Crippen molar-refractivity contribution in [3.8, 4) is 5.75 Å². The van der Waals surface area contributed by atoms with Crippen molar-refractivity contribution in [3.63, 3.8) is 0 Å². The molecule has 25 heavy (non-hydrogen) atoms. The third-order valence-electron chi connectivity index (χ3n) is 3.48. The number of alkyl halides is 2. The Kier molecular flexibility index (Phi) is 6.30. The molecule has 8 heteroatoms. The first-order valence-corrected chi connectivity index (χ1v) is 8.19. The summed E-state index contributed by atoms with van der Waals surface area (Å²) in [6, 6.07) is 5.52. The molecule has 1 aromatic carbocycles. The molecule has 136 valence electrons. The minimum atomic E-state index is -2.98. The monoisotopic (exact) mass is 370 g/mol. The highest BCUT2D eigenvalue weighted by Crippen LogP contribution is 2.34. The predicted molar refractivity (Wildman–Crippen MR) is 93.2 cm³/mol. The van der Waals surface area contributed by atoms with E-state index in [2.05, 4.69) is 15.4 Å². The first kappa shape index (κ1) is 19.1. The zero-order chi connectivity index (χ0) is 18.6. The Bertz CT molecular complexity index is 692. The predicted octanol–water partition coefficient (Wildman–Crippen LogP) is 3.28. The molecule has 5 nitrogen and oxygen atoms in total. The molecule has 0 saturated carbocycles. The van der Waals surface area contributed by atoms with E-state index in [1.54, 1.807) is 25.1 Å². The molecule has 1 unspecified atom stereocenters. The summed E-state index contributed by atoms with van der Waals surface area (Å²) in [5, 5.41) is 6.09. The molecular formula is C17H20F2N2O3S. The lowest BCUT2D eigenvalue weighted by Gasteiger charge is -2.30. The van der Waals surface area contributed by atoms with E-state index in [9.17, 15) is 13.6 Å². The van der Waals surface area contributed by atoms with E-state index in [1.165, 1.54) is 6.07 Å². The van der Waals surface area contributed by atoms with Gasteiger partial charge < -0.3 is 20.1 Å². The lowest BCUT2D eigenvalue weighted by molar-refractivity contribution is -0.140. The molecule has 1 heterocycles. The van der Waals surface area contributed by atoms with Crippen molar-refractivity contribution in [2.24, 2.45) is 5.92 Å². The van der Waals surface area contributed by atoms with Crippen molar-refractivity contribution in [1.29, 1.82) is 0 Å². The largest absolute Gasteiger partial charge is 0.462 e. The number of hydrogen-bond donors (Lipinski definition) is 2. The zero-order valence-electron chi connectivity index (χ0n) is 14.1. The van der Waals surface area contributed by atoms with Gasteiger partial charge in [0.15, 0.2) is 5.11 Å². The van der Waals surface area contributed by atoms with E-state index < -0.39 is 18.6 Å². The Morgan fingerprint density at radius 2 is 2.00 bits per heavy atom. The van der Waals surface area contributed by atoms with Gasteiger partial charge in [-0.3, -0.25) is 0 Å². The highest BCUT2D eigenvalue weighted by Gasteiger charge is 2.33. The summed E-state index contributed by atoms with van der Waals surface area (Å²) in [5.41, 5.74) is 1.16. The Balaban J connectivity index is 2.41. The Labute approximate surface area is 150 Å². The molecule has 0 fully saturated rings. The summed E-state index contributed by atoms with van der Waals surface area (Å²) in [6.07, 6.45) is 0. The van der Waals surface area contributed by atoms with Crippen LogP contribution in [0.1, 0.15) is 32.4 Å². The topological polar surface area (TPSA) is 59.6 Å². The number of rotatable bonds is 6. The fraction of sp³-hybridized carbons (Fsp3) is 0.412. The number of allylic oxidation sites excluding steroid dienone is 1. The molecular weight excluding hydrogens is 350 g/mol. The van der Waals surface area contributed by atoms with Gasteiger partial charge in [0.2, 0.25) is 0 Å². The molecule has 1 atom stereocenters. The van der Waals surface area contributed by atoms with Crippen LogP contribution in [0.25, 0.3) is 0 Å². The number of esters is 1. The van der Waals surface area contributed by atoms with E-state index in [0.29, 0.717) is 11.3 Å². The van der Waals surface area contributed by atoms with Crippen molar-refractivity contribution >= 4 is 23.3 Å². The summed E-state index contributed by atoms with van der Waals surface area (Å²) in [6.45, 7) is 2.80. The van der Waals surface area contributed by atoms with E-state index in [-0.39, 0.29) is 29.0 Å². The summed E-state index contributed by atoms with van der Waals surface area (Å²) in [5.74, 6) is -0.393. The van der Waals surface area contributed by atoms with Crippen LogP contribution >= 0.6 is 12.2 Å². The molecule has 1 aliphatic rings. The number of carbonyl (C=O) groups excluding carboxylic acids is 1. The molecule has 0 amide bonds. The van der Waals surface area contributed by atoms with Crippen LogP contribution in [0.3, 0.4) is 0 Å². The van der Waals surface area contributed by atoms with Crippen LogP contribution in [-0.2, 0) is 9.53 Å². The van der Waals surface area contributed by atoms with Gasteiger partial charge in [-0.1, -0.05) is 32.0 Å². The quantitative estimate of drug-likeness (QED) is 0.592. The molecule has 0 bridgehead atoms. The lowest BCUT2D eigenvalue weighted by atomic mass is 9.95. The highest BCUT2D eigenvalue weighted by atomic mass is 32.1. The van der Waals surface area contributed by atoms with Gasteiger partial charge in [-0.2, -0.15) is 8.78 Å². The third-order valence-corrected chi connectivity index (χ3v) is 3.70. The highest BCUT2D eigenvalue weighted by molar-refractivity contribution is 7.80. The number of halogens is 2. The normalized spacial score (nSPS) is 17.4. The second kappa shape index (κ2) is 8.24. The van der Waals surface area contributed by atoms with E-state index >= 15 is 0 Å². The van der Waals surface area contributed by atoms with Gasteiger partial charge in [0.05, 0.1) is 18.2 Å². The van der Waals surface area contributed by atoms with Crippen LogP contribution in [0.5, 0.6) is 5.75 Å². The fourth-order valence-corrected chi connectivity index (χ4v) is 2.71. The van der Waals surface area contributed by atoms with Crippen LogP contribution in [0, 0.1) is 5.92 Å². The molecule has 0 aromatic heterocycles. The van der Waals surface area contributed by atoms with E-state index in [0.717, 1.165) is 0 Å². The maximum atomic E-state index is 12.7. The molecule has 0 aliphatic carbocycles. The van der Waals surface area contributed by atoms with Crippen molar-refractivity contribution < 1.29 is 23.0 Å². The molecule has 2 N–H and O–H groups in total. The maximum absolute atomic E-state index is 12.7. The molecule has 0 saturated heterocycles. The van der Waals surface area contributed by atoms with Gasteiger partial charge in [-0.15, -0.1) is 0 Å². The van der Waals surface area contributed by atoms with Gasteiger partial charge in [0, 0.05) is 11.3 Å². The van der Waals surface area contributed by atoms with Gasteiger partial charge in [0.25, 0.3) is 0 Å². The minimum Gasteiger partial charge on any atom is -0.462 e. The fourth-order valence-electron chi connectivity index (χ4n) is 2.44. The number of benzene rings is 1. The number of thiocarbonyl (C=S) groups is 1. The average Bonchev–Trinajstić information content (AvgIpc) is 2.51. The number of nitrogens with one attached hydrogen (secondary N) is 2. The Hall–Kier alpha value is -2.22. The third kappa shape index (κ3) is 4.88. The van der Waals surface area contributed by atoms with Gasteiger partial charge in [0.1, 0.15) is 5.75 Å². The average molecular weight is 370 g/mol. The van der Waals surface area contributed by atoms with Gasteiger partial charge in [-0.05, 0) is 31.1 Å². The number of ether oxygens (including phenoxy) is 2. The summed E-state index contributed by atoms with van der Waals surface area (Å²) < 4.78 is 35.3. The van der Waals surface area contributed by atoms with Crippen LogP contribution in [0.15, 0.2) is 35.5 Å². The van der Waals surface area contributed by atoms with Crippen molar-refractivity contribution in [1.82, 2.24) is 10.6 Å². The van der Waals surface area contributed by atoms with Crippen LogP contribution in [-0.4, -0.2) is 24.3 Å². The first-order valence-electron chi connectivity index (χ1n) is 7.78. The van der Waals surface area contributed by atoms with Gasteiger partial charge >= 0.3 is 12.6 Å². The second-order valence-corrected chi connectivity index (χ2v) is 6.39. The number of para-hydroxylation sites is 1. The molecule has 0 radical (unpaired) electrons. The first-order chi connectivity index (χ1) is 11.8. The summed E-state index contributed by atoms with van der Waals surface area (Å²) >= 11 is 5.14. The number of hydrogen-bond acceptors (Lipinski definition) is 4. The SMILES string of the molecule is CC1=C(C(=O)OCC(C)C)C(c2ccccc2OC(F)F)NC(=S)N1. The molecule has 1 aromatic rings. The van der Waals surface area contributed by atoms with E-state index in [4.69, 9.17) is 17.0 Å². The van der Waals surface area contributed by atoms with Crippen LogP contribution in [0.4, 0.5) is 8.78 Å². The van der Waals surface area contributed by atoms with Crippen molar-refractivity contribution in [3.05, 3.63) is 41.1 Å². The van der Waals surface area contributed by atoms with Crippen LogP contribution < -0.4 is 15.4 Å². The summed E-state index contributed by atoms with van der Waals surface area (Å²) in [7, 11) is 0. The molecule has 1 aliphatic heterocycles. The lowest BCUT2D eigenvalue weighted by Crippen LogP contribution is -2.45. The van der Waals surface area contributed by atoms with Crippen molar-refractivity contribution in [2.45, 2.75) is 33.4 Å². The maximum Gasteiger partial charge on any atom is 0.387 e. The van der Waals surface area contributed by atoms with Crippen molar-refractivity contribution in [2.75, 3.05) is 6.61 Å². The molecule has 0 spiro atoms. The second-order valence-electron chi connectivity index (χ2n) is 5.98. The molecule has 2 rings (SSSR count). The van der Waals surface area contributed by atoms with E-state index in [1.807, 2.05) is 13.8 Å².